The molecule has 0 saturated heterocycles. The molecule has 0 rings (SSSR count). The Hall–Kier alpha value is -1.72. The molecule has 0 fully saturated rings. The summed E-state index contributed by atoms with van der Waals surface area (Å²) < 4.78 is 10.9. The van der Waals surface area contributed by atoms with E-state index in [-0.39, 0.29) is 25.3 Å². The van der Waals surface area contributed by atoms with Gasteiger partial charge in [0, 0.05) is 6.54 Å². The van der Waals surface area contributed by atoms with Gasteiger partial charge in [-0.3, -0.25) is 24.8 Å². The van der Waals surface area contributed by atoms with Crippen LogP contribution in [0.25, 0.3) is 0 Å². The highest BCUT2D eigenvalue weighted by Gasteiger charge is 2.26. The van der Waals surface area contributed by atoms with E-state index in [9.17, 15) is 19.4 Å². The van der Waals surface area contributed by atoms with Gasteiger partial charge in [0.25, 0.3) is 0 Å². The molecule has 10 N–H and O–H groups in total. The minimum Gasteiger partial charge on any atom is -0.368 e. The standard InChI is InChI=1S/C12H27N6O6P/c1-7(2)9(13)11(20)17-8(4-3-5-18(21)12(14)15)10(19)16-6-25(22,23)24/h7-9,21H,3-6,13H2,1-2H3,(H3,14,15)(H,16,19)(H,17,20)(H2,22,23,24). The summed E-state index contributed by atoms with van der Waals surface area (Å²) in [4.78, 5) is 41.7. The first-order chi connectivity index (χ1) is 11.3. The number of carbonyl (C=O) groups is 2. The lowest BCUT2D eigenvalue weighted by Gasteiger charge is -2.23. The Balaban J connectivity index is 4.85. The van der Waals surface area contributed by atoms with Gasteiger partial charge in [-0.15, -0.1) is 0 Å². The van der Waals surface area contributed by atoms with E-state index in [1.54, 1.807) is 13.8 Å². The summed E-state index contributed by atoms with van der Waals surface area (Å²) in [5.41, 5.74) is 10.8. The zero-order valence-electron chi connectivity index (χ0n) is 14.2. The van der Waals surface area contributed by atoms with Crippen molar-refractivity contribution in [1.29, 1.82) is 5.41 Å². The van der Waals surface area contributed by atoms with Crippen LogP contribution >= 0.6 is 7.60 Å². The lowest BCUT2D eigenvalue weighted by Crippen LogP contribution is -2.53. The van der Waals surface area contributed by atoms with Gasteiger partial charge in [-0.1, -0.05) is 13.8 Å². The Bertz CT molecular complexity index is 524. The van der Waals surface area contributed by atoms with Gasteiger partial charge in [0.2, 0.25) is 17.8 Å². The highest BCUT2D eigenvalue weighted by atomic mass is 31.2. The van der Waals surface area contributed by atoms with Gasteiger partial charge in [-0.2, -0.15) is 0 Å². The van der Waals surface area contributed by atoms with Crippen molar-refractivity contribution in [2.45, 2.75) is 38.8 Å². The van der Waals surface area contributed by atoms with Gasteiger partial charge in [0.05, 0.1) is 6.04 Å². The summed E-state index contributed by atoms with van der Waals surface area (Å²) in [6, 6.07) is -1.96. The van der Waals surface area contributed by atoms with Crippen molar-refractivity contribution >= 4 is 25.4 Å². The number of hydrogen-bond acceptors (Lipinski definition) is 6. The zero-order chi connectivity index (χ0) is 19.8. The van der Waals surface area contributed by atoms with Gasteiger partial charge >= 0.3 is 7.60 Å². The van der Waals surface area contributed by atoms with E-state index < -0.39 is 43.7 Å². The number of amides is 2. The van der Waals surface area contributed by atoms with Crippen LogP contribution in [-0.2, 0) is 14.2 Å². The third kappa shape index (κ3) is 9.99. The van der Waals surface area contributed by atoms with Crippen molar-refractivity contribution in [2.24, 2.45) is 17.4 Å². The quantitative estimate of drug-likeness (QED) is 0.0912. The molecule has 25 heavy (non-hydrogen) atoms. The molecule has 2 unspecified atom stereocenters. The van der Waals surface area contributed by atoms with Crippen molar-refractivity contribution < 1.29 is 29.1 Å². The lowest BCUT2D eigenvalue weighted by molar-refractivity contribution is -0.130. The normalized spacial score (nSPS) is 13.9. The molecule has 12 nitrogen and oxygen atoms in total. The fourth-order valence-electron chi connectivity index (χ4n) is 1.71. The topological polar surface area (TPSA) is 215 Å². The first-order valence-corrected chi connectivity index (χ1v) is 9.33. The van der Waals surface area contributed by atoms with Gasteiger partial charge in [0.15, 0.2) is 0 Å². The van der Waals surface area contributed by atoms with Crippen molar-refractivity contribution in [3.05, 3.63) is 0 Å². The molecule has 0 aliphatic rings. The predicted octanol–water partition coefficient (Wildman–Crippen LogP) is -1.93. The second-order valence-corrected chi connectivity index (χ2v) is 7.49. The van der Waals surface area contributed by atoms with Gasteiger partial charge < -0.3 is 31.9 Å². The zero-order valence-corrected chi connectivity index (χ0v) is 15.1. The van der Waals surface area contributed by atoms with Crippen LogP contribution in [0.15, 0.2) is 0 Å². The fraction of sp³-hybridized carbons (Fsp3) is 0.750. The van der Waals surface area contributed by atoms with Crippen LogP contribution in [0.2, 0.25) is 0 Å². The molecule has 0 aliphatic heterocycles. The average molecular weight is 382 g/mol. The molecule has 2 atom stereocenters. The minimum atomic E-state index is -4.45. The Morgan fingerprint density at radius 2 is 1.84 bits per heavy atom. The number of nitrogens with two attached hydrogens (primary N) is 2. The fourth-order valence-corrected chi connectivity index (χ4v) is 2.07. The van der Waals surface area contributed by atoms with Crippen molar-refractivity contribution in [3.63, 3.8) is 0 Å². The number of rotatable bonds is 10. The number of carbonyl (C=O) groups excluding carboxylic acids is 2. The van der Waals surface area contributed by atoms with E-state index in [1.165, 1.54) is 0 Å². The summed E-state index contributed by atoms with van der Waals surface area (Å²) in [5, 5.41) is 21.3. The highest BCUT2D eigenvalue weighted by molar-refractivity contribution is 7.51. The second-order valence-electron chi connectivity index (χ2n) is 5.85. The van der Waals surface area contributed by atoms with E-state index in [2.05, 4.69) is 10.6 Å². The highest BCUT2D eigenvalue weighted by Crippen LogP contribution is 2.31. The number of nitrogens with one attached hydrogen (secondary N) is 3. The third-order valence-electron chi connectivity index (χ3n) is 3.25. The molecule has 13 heteroatoms. The van der Waals surface area contributed by atoms with Crippen molar-refractivity contribution in [2.75, 3.05) is 12.8 Å². The Morgan fingerprint density at radius 3 is 2.28 bits per heavy atom. The SMILES string of the molecule is CC(C)C(N)C(=O)NC(CCCN(O)C(=N)N)C(=O)NCP(=O)(O)O. The molecule has 0 saturated carbocycles. The molecule has 146 valence electrons. The van der Waals surface area contributed by atoms with Crippen molar-refractivity contribution in [1.82, 2.24) is 15.7 Å². The predicted molar refractivity (Wildman–Crippen MR) is 89.4 cm³/mol. The maximum absolute atomic E-state index is 12.1. The molecule has 2 amide bonds. The molecule has 0 radical (unpaired) electrons. The minimum absolute atomic E-state index is 0.0356. The molecule has 0 aliphatic carbocycles. The van der Waals surface area contributed by atoms with E-state index in [0.717, 1.165) is 0 Å². The van der Waals surface area contributed by atoms with Crippen LogP contribution in [0.5, 0.6) is 0 Å². The van der Waals surface area contributed by atoms with Crippen LogP contribution < -0.4 is 22.1 Å². The smallest absolute Gasteiger partial charge is 0.344 e. The van der Waals surface area contributed by atoms with Crippen LogP contribution in [0.4, 0.5) is 0 Å². The van der Waals surface area contributed by atoms with E-state index in [0.29, 0.717) is 5.06 Å². The second kappa shape index (κ2) is 10.3. The van der Waals surface area contributed by atoms with Crippen molar-refractivity contribution in [3.8, 4) is 0 Å². The van der Waals surface area contributed by atoms with Gasteiger partial charge in [0.1, 0.15) is 12.3 Å². The molecule has 0 heterocycles. The summed E-state index contributed by atoms with van der Waals surface area (Å²) in [7, 11) is -4.45. The average Bonchev–Trinajstić information content (AvgIpc) is 2.49. The first kappa shape index (κ1) is 23.3. The molecule has 0 aromatic carbocycles. The molecule has 0 aromatic heterocycles. The molecular weight excluding hydrogens is 355 g/mol. The monoisotopic (exact) mass is 382 g/mol. The van der Waals surface area contributed by atoms with Crippen LogP contribution in [0.3, 0.4) is 0 Å². The Morgan fingerprint density at radius 1 is 1.28 bits per heavy atom. The Kier molecular flexibility index (Phi) is 9.60. The lowest BCUT2D eigenvalue weighted by atomic mass is 10.0. The van der Waals surface area contributed by atoms with E-state index in [1.807, 2.05) is 0 Å². The van der Waals surface area contributed by atoms with Gasteiger partial charge in [-0.25, -0.2) is 5.06 Å². The molecular formula is C12H27N6O6P. The summed E-state index contributed by atoms with van der Waals surface area (Å²) in [6.07, 6.45) is -0.664. The first-order valence-electron chi connectivity index (χ1n) is 7.53. The molecule has 0 spiro atoms. The number of guanidine groups is 1. The maximum atomic E-state index is 12.1. The molecule has 0 aromatic rings. The van der Waals surface area contributed by atoms with E-state index >= 15 is 0 Å². The van der Waals surface area contributed by atoms with Crippen LogP contribution in [0.1, 0.15) is 26.7 Å². The number of hydroxylamine groups is 2. The van der Waals surface area contributed by atoms with Gasteiger partial charge in [-0.05, 0) is 18.8 Å². The largest absolute Gasteiger partial charge is 0.368 e. The van der Waals surface area contributed by atoms with Crippen LogP contribution in [0, 0.1) is 11.3 Å². The number of nitrogens with zero attached hydrogens (tertiary/aromatic N) is 1. The summed E-state index contributed by atoms with van der Waals surface area (Å²) in [5.74, 6) is -2.13. The number of hydrogen-bond donors (Lipinski definition) is 8. The van der Waals surface area contributed by atoms with E-state index in [4.69, 9.17) is 26.7 Å². The van der Waals surface area contributed by atoms with Crippen LogP contribution in [-0.4, -0.2) is 62.7 Å². The molecule has 0 bridgehead atoms. The summed E-state index contributed by atoms with van der Waals surface area (Å²) >= 11 is 0. The summed E-state index contributed by atoms with van der Waals surface area (Å²) in [6.45, 7) is 3.39. The third-order valence-corrected chi connectivity index (χ3v) is 3.82. The maximum Gasteiger partial charge on any atom is 0.344 e. The Labute approximate surface area is 145 Å².